The van der Waals surface area contributed by atoms with Crippen LogP contribution >= 0.6 is 0 Å². The highest BCUT2D eigenvalue weighted by Gasteiger charge is 2.47. The van der Waals surface area contributed by atoms with Crippen LogP contribution in [0.3, 0.4) is 0 Å². The fraction of sp³-hybridized carbons (Fsp3) is 0.692. The fourth-order valence-electron chi connectivity index (χ4n) is 3.03. The summed E-state index contributed by atoms with van der Waals surface area (Å²) >= 11 is 0. The molecule has 1 aromatic rings. The van der Waals surface area contributed by atoms with Crippen molar-refractivity contribution in [2.75, 3.05) is 44.9 Å². The lowest BCUT2D eigenvalue weighted by molar-refractivity contribution is 0.0532. The molecule has 8 heteroatoms. The molecule has 21 heavy (non-hydrogen) atoms. The van der Waals surface area contributed by atoms with Crippen molar-refractivity contribution in [2.24, 2.45) is 0 Å². The quantitative estimate of drug-likeness (QED) is 0.764. The molecule has 0 bridgehead atoms. The summed E-state index contributed by atoms with van der Waals surface area (Å²) < 4.78 is 30.8. The van der Waals surface area contributed by atoms with Crippen molar-refractivity contribution < 1.29 is 13.2 Å². The second-order valence-corrected chi connectivity index (χ2v) is 8.04. The van der Waals surface area contributed by atoms with Gasteiger partial charge in [-0.25, -0.2) is 22.7 Å². The number of rotatable bonds is 2. The second-order valence-electron chi connectivity index (χ2n) is 6.06. The maximum Gasteiger partial charge on any atom is 0.225 e. The van der Waals surface area contributed by atoms with Crippen molar-refractivity contribution in [3.63, 3.8) is 0 Å². The van der Waals surface area contributed by atoms with E-state index in [9.17, 15) is 8.42 Å². The first-order valence-corrected chi connectivity index (χ1v) is 8.73. The van der Waals surface area contributed by atoms with Crippen molar-refractivity contribution in [1.82, 2.24) is 14.3 Å². The van der Waals surface area contributed by atoms with Crippen molar-refractivity contribution in [3.05, 3.63) is 17.5 Å². The van der Waals surface area contributed by atoms with Crippen LogP contribution < -0.4 is 4.90 Å². The maximum absolute atomic E-state index is 11.8. The molecule has 1 spiro atoms. The Balaban J connectivity index is 2.02. The van der Waals surface area contributed by atoms with Crippen molar-refractivity contribution in [3.8, 4) is 0 Å². The monoisotopic (exact) mass is 312 g/mol. The van der Waals surface area contributed by atoms with Crippen LogP contribution in [0.2, 0.25) is 0 Å². The van der Waals surface area contributed by atoms with Crippen LogP contribution in [0.1, 0.15) is 17.7 Å². The molecule has 1 aromatic heterocycles. The lowest BCUT2D eigenvalue weighted by Crippen LogP contribution is -2.41. The number of hydrogen-bond donors (Lipinski definition) is 0. The minimum absolute atomic E-state index is 0.343. The normalized spacial score (nSPS) is 26.0. The number of ether oxygens (including phenoxy) is 1. The summed E-state index contributed by atoms with van der Waals surface area (Å²) in [5.74, 6) is 0.646. The van der Waals surface area contributed by atoms with E-state index in [1.54, 1.807) is 6.20 Å². The van der Waals surface area contributed by atoms with E-state index in [0.717, 1.165) is 17.7 Å². The lowest BCUT2D eigenvalue weighted by Gasteiger charge is -2.34. The van der Waals surface area contributed by atoms with Gasteiger partial charge >= 0.3 is 0 Å². The Morgan fingerprint density at radius 1 is 1.43 bits per heavy atom. The molecular formula is C13H20N4O3S. The third-order valence-corrected chi connectivity index (χ3v) is 5.43. The molecule has 1 saturated heterocycles. The summed E-state index contributed by atoms with van der Waals surface area (Å²) in [4.78, 5) is 10.8. The third-order valence-electron chi connectivity index (χ3n) is 4.18. The zero-order valence-electron chi connectivity index (χ0n) is 12.5. The first-order valence-electron chi connectivity index (χ1n) is 6.88. The average molecular weight is 312 g/mol. The van der Waals surface area contributed by atoms with E-state index < -0.39 is 10.0 Å². The molecule has 1 atom stereocenters. The van der Waals surface area contributed by atoms with Gasteiger partial charge in [0.15, 0.2) is 0 Å². The van der Waals surface area contributed by atoms with Gasteiger partial charge in [0.05, 0.1) is 30.6 Å². The zero-order valence-corrected chi connectivity index (χ0v) is 13.4. The summed E-state index contributed by atoms with van der Waals surface area (Å²) in [6.45, 7) is 1.95. The van der Waals surface area contributed by atoms with Gasteiger partial charge in [-0.1, -0.05) is 0 Å². The molecule has 0 radical (unpaired) electrons. The van der Waals surface area contributed by atoms with Crippen LogP contribution in [0.25, 0.3) is 0 Å². The smallest absolute Gasteiger partial charge is 0.225 e. The van der Waals surface area contributed by atoms with Crippen LogP contribution in [0.4, 0.5) is 5.95 Å². The Hall–Kier alpha value is -1.25. The van der Waals surface area contributed by atoms with E-state index in [4.69, 9.17) is 4.74 Å². The van der Waals surface area contributed by atoms with Crippen LogP contribution in [0.15, 0.2) is 6.20 Å². The minimum Gasteiger partial charge on any atom is -0.376 e. The van der Waals surface area contributed by atoms with Gasteiger partial charge in [0, 0.05) is 38.9 Å². The lowest BCUT2D eigenvalue weighted by atomic mass is 9.81. The van der Waals surface area contributed by atoms with Crippen LogP contribution in [0.5, 0.6) is 0 Å². The molecule has 0 saturated carbocycles. The molecule has 0 aromatic carbocycles. The largest absolute Gasteiger partial charge is 0.376 e. The molecule has 116 valence electrons. The predicted octanol–water partition coefficient (Wildman–Crippen LogP) is -0.0241. The van der Waals surface area contributed by atoms with Gasteiger partial charge in [0.1, 0.15) is 0 Å². The number of anilines is 1. The Morgan fingerprint density at radius 2 is 2.19 bits per heavy atom. The second kappa shape index (κ2) is 4.89. The van der Waals surface area contributed by atoms with E-state index in [1.165, 1.54) is 10.6 Å². The van der Waals surface area contributed by atoms with Gasteiger partial charge in [0.25, 0.3) is 0 Å². The third kappa shape index (κ3) is 2.51. The fourth-order valence-corrected chi connectivity index (χ4v) is 3.94. The number of nitrogens with zero attached hydrogens (tertiary/aromatic N) is 4. The summed E-state index contributed by atoms with van der Waals surface area (Å²) in [5, 5.41) is 0. The predicted molar refractivity (Wildman–Crippen MR) is 78.7 cm³/mol. The molecule has 3 rings (SSSR count). The van der Waals surface area contributed by atoms with Gasteiger partial charge < -0.3 is 9.64 Å². The van der Waals surface area contributed by atoms with Gasteiger partial charge in [-0.05, 0) is 6.42 Å². The maximum atomic E-state index is 11.8. The van der Waals surface area contributed by atoms with Crippen molar-refractivity contribution in [1.29, 1.82) is 0 Å². The number of fused-ring (bicyclic) bond motifs is 2. The molecule has 7 nitrogen and oxygen atoms in total. The van der Waals surface area contributed by atoms with E-state index in [-0.39, 0.29) is 5.41 Å². The van der Waals surface area contributed by atoms with E-state index in [0.29, 0.717) is 32.3 Å². The number of hydrogen-bond acceptors (Lipinski definition) is 6. The average Bonchev–Trinajstić information content (AvgIpc) is 2.84. The zero-order chi connectivity index (χ0) is 15.3. The Morgan fingerprint density at radius 3 is 2.81 bits per heavy atom. The molecule has 1 fully saturated rings. The molecule has 2 aliphatic rings. The highest BCUT2D eigenvalue weighted by Crippen LogP contribution is 2.40. The van der Waals surface area contributed by atoms with Gasteiger partial charge in [-0.2, -0.15) is 0 Å². The summed E-state index contributed by atoms with van der Waals surface area (Å²) in [6, 6.07) is 0. The SMILES string of the molecule is CN(C)c1ncc2c(n1)C1(CCN(S(C)(=O)=O)C1)COC2. The first-order chi connectivity index (χ1) is 9.82. The standard InChI is InChI=1S/C13H20N4O3S/c1-16(2)12-14-6-10-7-20-9-13(11(10)15-12)4-5-17(8-13)21(3,18)19/h6H,4-5,7-9H2,1-3H3. The van der Waals surface area contributed by atoms with Gasteiger partial charge in [-0.15, -0.1) is 0 Å². The molecule has 3 heterocycles. The summed E-state index contributed by atoms with van der Waals surface area (Å²) in [7, 11) is 0.605. The molecule has 1 unspecified atom stereocenters. The van der Waals surface area contributed by atoms with E-state index in [2.05, 4.69) is 9.97 Å². The van der Waals surface area contributed by atoms with Crippen molar-refractivity contribution in [2.45, 2.75) is 18.4 Å². The van der Waals surface area contributed by atoms with E-state index in [1.807, 2.05) is 19.0 Å². The minimum atomic E-state index is -3.18. The summed E-state index contributed by atoms with van der Waals surface area (Å²) in [5.41, 5.74) is 1.56. The van der Waals surface area contributed by atoms with Gasteiger partial charge in [0.2, 0.25) is 16.0 Å². The molecule has 0 amide bonds. The van der Waals surface area contributed by atoms with Crippen LogP contribution in [0, 0.1) is 0 Å². The molecular weight excluding hydrogens is 292 g/mol. The Labute approximate surface area is 125 Å². The number of aromatic nitrogens is 2. The Bertz CT molecular complexity index is 661. The highest BCUT2D eigenvalue weighted by molar-refractivity contribution is 7.88. The van der Waals surface area contributed by atoms with Crippen LogP contribution in [-0.2, 0) is 26.8 Å². The summed E-state index contributed by atoms with van der Waals surface area (Å²) in [6.07, 6.45) is 3.78. The van der Waals surface area contributed by atoms with Crippen LogP contribution in [-0.4, -0.2) is 62.7 Å². The number of sulfonamides is 1. The Kier molecular flexibility index (Phi) is 3.42. The van der Waals surface area contributed by atoms with Crippen molar-refractivity contribution >= 4 is 16.0 Å². The van der Waals surface area contributed by atoms with E-state index >= 15 is 0 Å². The first kappa shape index (κ1) is 14.7. The molecule has 0 aliphatic carbocycles. The highest BCUT2D eigenvalue weighted by atomic mass is 32.2. The molecule has 0 N–H and O–H groups in total. The molecule has 2 aliphatic heterocycles. The van der Waals surface area contributed by atoms with Gasteiger partial charge in [-0.3, -0.25) is 0 Å². The topological polar surface area (TPSA) is 75.6 Å².